The minimum absolute atomic E-state index is 0.610. The lowest BCUT2D eigenvalue weighted by Crippen LogP contribution is -1.94. The van der Waals surface area contributed by atoms with E-state index in [2.05, 4.69) is 76.6 Å². The molecule has 0 atom stereocenters. The number of fused-ring (bicyclic) bond motifs is 6. The largest absolute Gasteiger partial charge is 0.221 e. The minimum Gasteiger partial charge on any atom is -0.221 e. The first-order valence-electron chi connectivity index (χ1n) is 8.15. The molecule has 0 aliphatic carbocycles. The quantitative estimate of drug-likeness (QED) is 0.248. The maximum Gasteiger partial charge on any atom is 0.197 e. The zero-order valence-corrected chi connectivity index (χ0v) is 14.9. The molecule has 0 saturated heterocycles. The van der Waals surface area contributed by atoms with Gasteiger partial charge in [-0.2, -0.15) is 0 Å². The van der Waals surface area contributed by atoms with Crippen molar-refractivity contribution in [2.24, 2.45) is 0 Å². The molecule has 0 spiro atoms. The van der Waals surface area contributed by atoms with Crippen molar-refractivity contribution in [3.05, 3.63) is 83.6 Å². The van der Waals surface area contributed by atoms with Gasteiger partial charge in [0.2, 0.25) is 0 Å². The third-order valence-electron chi connectivity index (χ3n) is 4.60. The van der Waals surface area contributed by atoms with Crippen LogP contribution in [0.25, 0.3) is 43.7 Å². The molecule has 0 aliphatic rings. The molecule has 0 aliphatic heterocycles. The second-order valence-corrected chi connectivity index (χ2v) is 6.73. The average Bonchev–Trinajstić information content (AvgIpc) is 2.68. The third-order valence-corrected chi connectivity index (χ3v) is 4.95. The summed E-state index contributed by atoms with van der Waals surface area (Å²) >= 11 is 3.51. The van der Waals surface area contributed by atoms with Crippen molar-refractivity contribution in [2.45, 2.75) is 0 Å². The van der Waals surface area contributed by atoms with E-state index < -0.39 is 0 Å². The highest BCUT2D eigenvalue weighted by Gasteiger charge is 2.15. The molecule has 25 heavy (non-hydrogen) atoms. The van der Waals surface area contributed by atoms with Gasteiger partial charge in [0.1, 0.15) is 0 Å². The number of aromatic nitrogens is 2. The molecule has 0 saturated carbocycles. The summed E-state index contributed by atoms with van der Waals surface area (Å²) in [5, 5.41) is 5.88. The predicted octanol–water partition coefficient (Wildman–Crippen LogP) is 6.37. The fourth-order valence-corrected chi connectivity index (χ4v) is 3.90. The molecule has 2 nitrogen and oxygen atoms in total. The van der Waals surface area contributed by atoms with Gasteiger partial charge < -0.3 is 0 Å². The van der Waals surface area contributed by atoms with Crippen molar-refractivity contribution in [1.29, 1.82) is 0 Å². The van der Waals surface area contributed by atoms with Gasteiger partial charge in [0.05, 0.1) is 11.2 Å². The van der Waals surface area contributed by atoms with E-state index >= 15 is 0 Å². The van der Waals surface area contributed by atoms with E-state index in [1.165, 1.54) is 16.2 Å². The lowest BCUT2D eigenvalue weighted by Gasteiger charge is -2.13. The highest BCUT2D eigenvalue weighted by atomic mass is 79.9. The van der Waals surface area contributed by atoms with Crippen molar-refractivity contribution >= 4 is 48.4 Å². The molecular formula is C22H13BrN2. The van der Waals surface area contributed by atoms with E-state index in [0.717, 1.165) is 27.5 Å². The number of hydrogen-bond donors (Lipinski definition) is 0. The Kier molecular flexibility index (Phi) is 3.28. The number of nitrogens with zero attached hydrogens (tertiary/aromatic N) is 2. The predicted molar refractivity (Wildman–Crippen MR) is 108 cm³/mol. The Morgan fingerprint density at radius 1 is 0.560 bits per heavy atom. The van der Waals surface area contributed by atoms with Gasteiger partial charge in [0.15, 0.2) is 4.73 Å². The Hall–Kier alpha value is -2.78. The third kappa shape index (κ3) is 2.24. The van der Waals surface area contributed by atoms with Gasteiger partial charge in [-0.25, -0.2) is 9.97 Å². The number of benzene rings is 4. The average molecular weight is 385 g/mol. The van der Waals surface area contributed by atoms with Crippen LogP contribution in [0.1, 0.15) is 0 Å². The van der Waals surface area contributed by atoms with Gasteiger partial charge in [0, 0.05) is 16.3 Å². The van der Waals surface area contributed by atoms with E-state index in [1.807, 2.05) is 18.2 Å². The van der Waals surface area contributed by atoms with Gasteiger partial charge in [-0.15, -0.1) is 0 Å². The monoisotopic (exact) mass is 384 g/mol. The molecule has 1 aromatic heterocycles. The first-order chi connectivity index (χ1) is 12.3. The van der Waals surface area contributed by atoms with Crippen LogP contribution in [0.15, 0.2) is 83.6 Å². The van der Waals surface area contributed by atoms with Crippen LogP contribution in [0.2, 0.25) is 0 Å². The lowest BCUT2D eigenvalue weighted by atomic mass is 9.94. The van der Waals surface area contributed by atoms with E-state index in [1.54, 1.807) is 0 Å². The molecule has 118 valence electrons. The number of halogens is 1. The normalized spacial score (nSPS) is 11.4. The summed E-state index contributed by atoms with van der Waals surface area (Å²) in [6.45, 7) is 0. The molecule has 5 rings (SSSR count). The Morgan fingerprint density at radius 2 is 1.12 bits per heavy atom. The van der Waals surface area contributed by atoms with Gasteiger partial charge in [0.25, 0.3) is 0 Å². The maximum absolute atomic E-state index is 4.75. The number of hydrogen-bond acceptors (Lipinski definition) is 2. The standard InChI is InChI=1S/C22H13BrN2/c23-22-24-20(14-8-2-1-3-9-14)19-17-12-6-4-10-15(17)16-11-5-7-13-18(16)21(19)25-22/h1-13H. The van der Waals surface area contributed by atoms with Crippen LogP contribution in [-0.4, -0.2) is 9.97 Å². The SMILES string of the molecule is Brc1nc(-c2ccccc2)c2c3ccccc3c3ccccc3c2n1. The molecule has 0 unspecified atom stereocenters. The highest BCUT2D eigenvalue weighted by molar-refractivity contribution is 9.10. The van der Waals surface area contributed by atoms with E-state index in [-0.39, 0.29) is 0 Å². The zero-order chi connectivity index (χ0) is 16.8. The van der Waals surface area contributed by atoms with Crippen LogP contribution >= 0.6 is 15.9 Å². The van der Waals surface area contributed by atoms with E-state index in [9.17, 15) is 0 Å². The van der Waals surface area contributed by atoms with Gasteiger partial charge in [-0.3, -0.25) is 0 Å². The Labute approximate surface area is 153 Å². The number of rotatable bonds is 1. The first-order valence-corrected chi connectivity index (χ1v) is 8.94. The van der Waals surface area contributed by atoms with Crippen LogP contribution in [0.3, 0.4) is 0 Å². The Bertz CT molecular complexity index is 1250. The fourth-order valence-electron chi connectivity index (χ4n) is 3.55. The van der Waals surface area contributed by atoms with Crippen molar-refractivity contribution in [3.63, 3.8) is 0 Å². The second-order valence-electron chi connectivity index (χ2n) is 6.02. The summed E-state index contributed by atoms with van der Waals surface area (Å²) in [6, 6.07) is 27.2. The van der Waals surface area contributed by atoms with Crippen molar-refractivity contribution in [1.82, 2.24) is 9.97 Å². The molecule has 0 N–H and O–H groups in total. The van der Waals surface area contributed by atoms with Crippen LogP contribution in [0, 0.1) is 0 Å². The summed E-state index contributed by atoms with van der Waals surface area (Å²) in [5.74, 6) is 0. The molecule has 3 heteroatoms. The lowest BCUT2D eigenvalue weighted by molar-refractivity contribution is 1.17. The summed E-state index contributed by atoms with van der Waals surface area (Å²) in [5.41, 5.74) is 3.03. The molecule has 0 amide bonds. The van der Waals surface area contributed by atoms with Crippen molar-refractivity contribution < 1.29 is 0 Å². The van der Waals surface area contributed by atoms with Crippen LogP contribution in [0.5, 0.6) is 0 Å². The van der Waals surface area contributed by atoms with E-state index in [0.29, 0.717) is 4.73 Å². The smallest absolute Gasteiger partial charge is 0.197 e. The molecule has 0 radical (unpaired) electrons. The second kappa shape index (κ2) is 5.64. The summed E-state index contributed by atoms with van der Waals surface area (Å²) in [4.78, 5) is 9.48. The maximum atomic E-state index is 4.75. The molecule has 5 aromatic rings. The van der Waals surface area contributed by atoms with Crippen molar-refractivity contribution in [3.8, 4) is 11.3 Å². The molecule has 1 heterocycles. The Balaban J connectivity index is 2.11. The molecule has 0 fully saturated rings. The molecule has 0 bridgehead atoms. The van der Waals surface area contributed by atoms with Crippen LogP contribution in [0.4, 0.5) is 0 Å². The summed E-state index contributed by atoms with van der Waals surface area (Å²) in [6.07, 6.45) is 0. The van der Waals surface area contributed by atoms with Gasteiger partial charge in [-0.1, -0.05) is 78.9 Å². The van der Waals surface area contributed by atoms with E-state index in [4.69, 9.17) is 9.97 Å². The van der Waals surface area contributed by atoms with Crippen LogP contribution in [-0.2, 0) is 0 Å². The Morgan fingerprint density at radius 3 is 1.84 bits per heavy atom. The highest BCUT2D eigenvalue weighted by Crippen LogP contribution is 2.38. The summed E-state index contributed by atoms with van der Waals surface area (Å²) < 4.78 is 0.610. The van der Waals surface area contributed by atoms with Gasteiger partial charge in [-0.05, 0) is 32.1 Å². The van der Waals surface area contributed by atoms with Crippen molar-refractivity contribution in [2.75, 3.05) is 0 Å². The van der Waals surface area contributed by atoms with Gasteiger partial charge >= 0.3 is 0 Å². The zero-order valence-electron chi connectivity index (χ0n) is 13.3. The summed E-state index contributed by atoms with van der Waals surface area (Å²) in [7, 11) is 0. The topological polar surface area (TPSA) is 25.8 Å². The molecule has 4 aromatic carbocycles. The minimum atomic E-state index is 0.610. The molecular weight excluding hydrogens is 372 g/mol. The first kappa shape index (κ1) is 14.6. The fraction of sp³-hybridized carbons (Fsp3) is 0. The van der Waals surface area contributed by atoms with Crippen LogP contribution < -0.4 is 0 Å².